The van der Waals surface area contributed by atoms with Crippen LogP contribution in [0.2, 0.25) is 0 Å². The van der Waals surface area contributed by atoms with E-state index in [-0.39, 0.29) is 18.5 Å². The molecule has 0 aliphatic carbocycles. The zero-order chi connectivity index (χ0) is 27.9. The van der Waals surface area contributed by atoms with E-state index in [1.165, 1.54) is 0 Å². The molecule has 0 radical (unpaired) electrons. The highest BCUT2D eigenvalue weighted by molar-refractivity contribution is 5.95. The number of carbonyl (C=O) groups is 2. The number of amides is 3. The first kappa shape index (κ1) is 27.8. The van der Waals surface area contributed by atoms with Crippen molar-refractivity contribution in [3.05, 3.63) is 48.3 Å². The highest BCUT2D eigenvalue weighted by atomic mass is 16.5. The van der Waals surface area contributed by atoms with Gasteiger partial charge in [-0.3, -0.25) is 9.69 Å². The van der Waals surface area contributed by atoms with Crippen molar-refractivity contribution in [1.82, 2.24) is 19.4 Å². The average molecular weight is 550 g/mol. The van der Waals surface area contributed by atoms with Crippen molar-refractivity contribution in [3.63, 3.8) is 0 Å². The quantitative estimate of drug-likeness (QED) is 0.331. The van der Waals surface area contributed by atoms with Crippen LogP contribution >= 0.6 is 0 Å². The third-order valence-electron chi connectivity index (χ3n) is 7.55. The molecule has 0 atom stereocenters. The van der Waals surface area contributed by atoms with Gasteiger partial charge in [-0.1, -0.05) is 19.8 Å². The van der Waals surface area contributed by atoms with Gasteiger partial charge in [0, 0.05) is 68.9 Å². The number of methoxy groups -OCH3 is 1. The highest BCUT2D eigenvalue weighted by Crippen LogP contribution is 2.34. The number of anilines is 1. The van der Waals surface area contributed by atoms with Crippen molar-refractivity contribution in [2.24, 2.45) is 0 Å². The molecule has 3 amide bonds. The molecule has 1 aromatic carbocycles. The summed E-state index contributed by atoms with van der Waals surface area (Å²) in [7, 11) is 1.62. The number of rotatable bonds is 11. The van der Waals surface area contributed by atoms with Crippen LogP contribution in [0.5, 0.6) is 11.5 Å². The lowest BCUT2D eigenvalue weighted by atomic mass is 10.2. The van der Waals surface area contributed by atoms with Crippen molar-refractivity contribution in [2.75, 3.05) is 58.0 Å². The molecule has 0 N–H and O–H groups in total. The molecule has 214 valence electrons. The van der Waals surface area contributed by atoms with E-state index in [0.717, 1.165) is 48.0 Å². The number of hydrogen-bond donors (Lipinski definition) is 0. The first-order chi connectivity index (χ1) is 19.6. The van der Waals surface area contributed by atoms with Gasteiger partial charge in [0.1, 0.15) is 12.2 Å². The molecule has 10 nitrogen and oxygen atoms in total. The Morgan fingerprint density at radius 2 is 1.95 bits per heavy atom. The molecule has 2 fully saturated rings. The van der Waals surface area contributed by atoms with E-state index in [9.17, 15) is 9.59 Å². The van der Waals surface area contributed by atoms with E-state index in [1.807, 2.05) is 50.9 Å². The molecule has 4 heterocycles. The predicted octanol–water partition coefficient (Wildman–Crippen LogP) is 4.31. The van der Waals surface area contributed by atoms with E-state index in [4.69, 9.17) is 14.2 Å². The number of carbonyl (C=O) groups excluding carboxylic acids is 2. The fraction of sp³-hybridized carbons (Fsp3) is 0.500. The van der Waals surface area contributed by atoms with Crippen LogP contribution in [0.25, 0.3) is 11.0 Å². The fourth-order valence-electron chi connectivity index (χ4n) is 5.31. The Morgan fingerprint density at radius 3 is 2.80 bits per heavy atom. The van der Waals surface area contributed by atoms with Gasteiger partial charge < -0.3 is 28.6 Å². The van der Waals surface area contributed by atoms with E-state index in [0.29, 0.717) is 64.0 Å². The minimum absolute atomic E-state index is 0.0509. The largest absolute Gasteiger partial charge is 0.493 e. The summed E-state index contributed by atoms with van der Waals surface area (Å²) in [5, 5.41) is 0.952. The van der Waals surface area contributed by atoms with Crippen molar-refractivity contribution >= 4 is 28.7 Å². The molecule has 0 spiro atoms. The van der Waals surface area contributed by atoms with Gasteiger partial charge in [-0.25, -0.2) is 9.78 Å². The van der Waals surface area contributed by atoms with Crippen LogP contribution < -0.4 is 14.4 Å². The standard InChI is InChI=1S/C30H39N5O5/c1-3-4-5-18-40-27-20-24(7-8-26(27)38-2)35-15-14-34(30(35)37)21-23-9-11-31-29-25(23)10-13-33(29)22-28(36)32-12-6-17-39-19-16-32/h7-11,13,20H,3-6,12,14-19,21-22H2,1-2H3. The average Bonchev–Trinajstić information content (AvgIpc) is 3.42. The predicted molar refractivity (Wildman–Crippen MR) is 153 cm³/mol. The number of aromatic nitrogens is 2. The molecule has 2 aliphatic rings. The summed E-state index contributed by atoms with van der Waals surface area (Å²) in [6, 6.07) is 9.54. The second-order valence-corrected chi connectivity index (χ2v) is 10.2. The molecule has 10 heteroatoms. The molecular weight excluding hydrogens is 510 g/mol. The molecule has 2 aromatic heterocycles. The number of nitrogens with zero attached hydrogens (tertiary/aromatic N) is 5. The maximum atomic E-state index is 13.5. The van der Waals surface area contributed by atoms with E-state index < -0.39 is 0 Å². The summed E-state index contributed by atoms with van der Waals surface area (Å²) in [5.74, 6) is 1.38. The lowest BCUT2D eigenvalue weighted by Crippen LogP contribution is -2.35. The Labute approximate surface area is 235 Å². The van der Waals surface area contributed by atoms with Crippen molar-refractivity contribution in [1.29, 1.82) is 0 Å². The van der Waals surface area contributed by atoms with E-state index in [2.05, 4.69) is 11.9 Å². The monoisotopic (exact) mass is 549 g/mol. The van der Waals surface area contributed by atoms with E-state index >= 15 is 0 Å². The number of unbranched alkanes of at least 4 members (excludes halogenated alkanes) is 2. The van der Waals surface area contributed by atoms with Gasteiger partial charge in [-0.15, -0.1) is 0 Å². The second kappa shape index (κ2) is 13.0. The number of benzene rings is 1. The Bertz CT molecular complexity index is 1320. The Morgan fingerprint density at radius 1 is 1.05 bits per heavy atom. The first-order valence-electron chi connectivity index (χ1n) is 14.2. The highest BCUT2D eigenvalue weighted by Gasteiger charge is 2.30. The molecule has 5 rings (SSSR count). The summed E-state index contributed by atoms with van der Waals surface area (Å²) in [4.78, 5) is 36.5. The summed E-state index contributed by atoms with van der Waals surface area (Å²) < 4.78 is 18.8. The number of urea groups is 1. The summed E-state index contributed by atoms with van der Waals surface area (Å²) >= 11 is 0. The molecule has 0 bridgehead atoms. The van der Waals surface area contributed by atoms with Gasteiger partial charge in [-0.2, -0.15) is 0 Å². The summed E-state index contributed by atoms with van der Waals surface area (Å²) in [6.45, 7) is 7.27. The van der Waals surface area contributed by atoms with Crippen LogP contribution in [0.15, 0.2) is 42.7 Å². The van der Waals surface area contributed by atoms with Gasteiger partial charge in [0.15, 0.2) is 11.5 Å². The molecule has 0 saturated carbocycles. The van der Waals surface area contributed by atoms with Crippen LogP contribution in [-0.4, -0.2) is 84.4 Å². The van der Waals surface area contributed by atoms with Crippen LogP contribution in [0.4, 0.5) is 10.5 Å². The zero-order valence-corrected chi connectivity index (χ0v) is 23.5. The first-order valence-corrected chi connectivity index (χ1v) is 14.2. The maximum Gasteiger partial charge on any atom is 0.324 e. The molecule has 2 saturated heterocycles. The lowest BCUT2D eigenvalue weighted by Gasteiger charge is -2.21. The molecule has 2 aliphatic heterocycles. The smallest absolute Gasteiger partial charge is 0.324 e. The third kappa shape index (κ3) is 6.17. The maximum absolute atomic E-state index is 13.5. The number of fused-ring (bicyclic) bond motifs is 1. The fourth-order valence-corrected chi connectivity index (χ4v) is 5.31. The number of hydrogen-bond acceptors (Lipinski definition) is 6. The zero-order valence-electron chi connectivity index (χ0n) is 23.5. The van der Waals surface area contributed by atoms with Gasteiger partial charge >= 0.3 is 6.03 Å². The molecular formula is C30H39N5O5. The third-order valence-corrected chi connectivity index (χ3v) is 7.55. The van der Waals surface area contributed by atoms with Crippen molar-refractivity contribution in [3.8, 4) is 11.5 Å². The normalized spacial score (nSPS) is 16.1. The van der Waals surface area contributed by atoms with Gasteiger partial charge in [-0.05, 0) is 42.7 Å². The SMILES string of the molecule is CCCCCOc1cc(N2CCN(Cc3ccnc4c3ccn4CC(=O)N3CCCOCC3)C2=O)ccc1OC. The van der Waals surface area contributed by atoms with Crippen LogP contribution in [-0.2, 0) is 22.6 Å². The summed E-state index contributed by atoms with van der Waals surface area (Å²) in [6.07, 6.45) is 7.72. The topological polar surface area (TPSA) is 89.4 Å². The van der Waals surface area contributed by atoms with Gasteiger partial charge in [0.2, 0.25) is 5.91 Å². The van der Waals surface area contributed by atoms with Gasteiger partial charge in [0.25, 0.3) is 0 Å². The molecule has 40 heavy (non-hydrogen) atoms. The molecule has 3 aromatic rings. The minimum atomic E-state index is -0.0509. The Balaban J connectivity index is 1.27. The minimum Gasteiger partial charge on any atom is -0.493 e. The Hall–Kier alpha value is -3.79. The van der Waals surface area contributed by atoms with Crippen LogP contribution in [0, 0.1) is 0 Å². The van der Waals surface area contributed by atoms with Gasteiger partial charge in [0.05, 0.1) is 20.3 Å². The second-order valence-electron chi connectivity index (χ2n) is 10.2. The van der Waals surface area contributed by atoms with Crippen LogP contribution in [0.3, 0.4) is 0 Å². The summed E-state index contributed by atoms with van der Waals surface area (Å²) in [5.41, 5.74) is 2.55. The van der Waals surface area contributed by atoms with Crippen molar-refractivity contribution < 1.29 is 23.8 Å². The number of pyridine rings is 1. The van der Waals surface area contributed by atoms with E-state index in [1.54, 1.807) is 18.2 Å². The van der Waals surface area contributed by atoms with Crippen LogP contribution in [0.1, 0.15) is 38.2 Å². The molecule has 0 unspecified atom stereocenters. The number of ether oxygens (including phenoxy) is 3. The van der Waals surface area contributed by atoms with Crippen molar-refractivity contribution in [2.45, 2.75) is 45.7 Å². The Kier molecular flexibility index (Phi) is 9.05. The lowest BCUT2D eigenvalue weighted by molar-refractivity contribution is -0.131.